The molecule has 0 saturated heterocycles. The van der Waals surface area contributed by atoms with E-state index in [1.54, 1.807) is 0 Å². The summed E-state index contributed by atoms with van der Waals surface area (Å²) in [7, 11) is 0. The van der Waals surface area contributed by atoms with Crippen molar-refractivity contribution < 1.29 is 8.62 Å². The molecule has 0 radical (unpaired) electrons. The SMILES string of the molecule is CC(C)=CC1C(C(=O)OBr)C1(C)C. The molecule has 0 heterocycles. The summed E-state index contributed by atoms with van der Waals surface area (Å²) in [6.07, 6.45) is 2.15. The van der Waals surface area contributed by atoms with E-state index in [1.807, 2.05) is 13.8 Å². The molecule has 2 atom stereocenters. The average molecular weight is 247 g/mol. The smallest absolute Gasteiger partial charge is 0.321 e. The van der Waals surface area contributed by atoms with Gasteiger partial charge in [0.15, 0.2) is 16.3 Å². The second kappa shape index (κ2) is 3.45. The number of halogens is 1. The maximum absolute atomic E-state index is 11.3. The zero-order valence-corrected chi connectivity index (χ0v) is 10.0. The molecule has 3 heteroatoms. The van der Waals surface area contributed by atoms with E-state index in [2.05, 4.69) is 40.0 Å². The fourth-order valence-electron chi connectivity index (χ4n) is 1.85. The van der Waals surface area contributed by atoms with Crippen LogP contribution in [0.4, 0.5) is 0 Å². The molecular formula is C10H15BrO2. The van der Waals surface area contributed by atoms with Gasteiger partial charge in [0, 0.05) is 0 Å². The maximum atomic E-state index is 11.3. The first-order valence-electron chi connectivity index (χ1n) is 4.38. The Morgan fingerprint density at radius 2 is 2.00 bits per heavy atom. The summed E-state index contributed by atoms with van der Waals surface area (Å²) >= 11 is 2.73. The Morgan fingerprint density at radius 3 is 2.38 bits per heavy atom. The van der Waals surface area contributed by atoms with E-state index in [0.717, 1.165) is 0 Å². The van der Waals surface area contributed by atoms with E-state index in [-0.39, 0.29) is 17.3 Å². The normalized spacial score (nSPS) is 29.3. The van der Waals surface area contributed by atoms with Crippen molar-refractivity contribution in [3.05, 3.63) is 11.6 Å². The van der Waals surface area contributed by atoms with Crippen LogP contribution in [0, 0.1) is 17.3 Å². The summed E-state index contributed by atoms with van der Waals surface area (Å²) in [5.41, 5.74) is 1.31. The van der Waals surface area contributed by atoms with E-state index in [1.165, 1.54) is 5.57 Å². The molecule has 0 amide bonds. The number of allylic oxidation sites excluding steroid dienone is 2. The summed E-state index contributed by atoms with van der Waals surface area (Å²) in [5.74, 6) is 0.192. The molecule has 0 bridgehead atoms. The van der Waals surface area contributed by atoms with E-state index < -0.39 is 0 Å². The van der Waals surface area contributed by atoms with Gasteiger partial charge in [-0.3, -0.25) is 4.79 Å². The third kappa shape index (κ3) is 1.96. The van der Waals surface area contributed by atoms with E-state index >= 15 is 0 Å². The van der Waals surface area contributed by atoms with Crippen LogP contribution in [-0.2, 0) is 8.62 Å². The van der Waals surface area contributed by atoms with Crippen molar-refractivity contribution >= 4 is 22.2 Å². The topological polar surface area (TPSA) is 26.3 Å². The second-order valence-electron chi connectivity index (χ2n) is 4.47. The third-order valence-corrected chi connectivity index (χ3v) is 3.07. The first-order chi connectivity index (χ1) is 5.91. The van der Waals surface area contributed by atoms with Gasteiger partial charge in [0.25, 0.3) is 0 Å². The predicted molar refractivity (Wildman–Crippen MR) is 55.2 cm³/mol. The fourth-order valence-corrected chi connectivity index (χ4v) is 2.05. The van der Waals surface area contributed by atoms with Gasteiger partial charge >= 0.3 is 5.97 Å². The molecule has 1 rings (SSSR count). The molecule has 1 saturated carbocycles. The van der Waals surface area contributed by atoms with Gasteiger partial charge in [-0.2, -0.15) is 0 Å². The van der Waals surface area contributed by atoms with Crippen LogP contribution >= 0.6 is 16.3 Å². The number of carbonyl (C=O) groups is 1. The van der Waals surface area contributed by atoms with Gasteiger partial charge in [-0.15, -0.1) is 0 Å². The summed E-state index contributed by atoms with van der Waals surface area (Å²) in [4.78, 5) is 11.3. The summed E-state index contributed by atoms with van der Waals surface area (Å²) in [5, 5.41) is 0. The van der Waals surface area contributed by atoms with Gasteiger partial charge in [0.05, 0.1) is 5.92 Å². The van der Waals surface area contributed by atoms with Crippen LogP contribution in [0.2, 0.25) is 0 Å². The van der Waals surface area contributed by atoms with Crippen LogP contribution in [0.3, 0.4) is 0 Å². The van der Waals surface area contributed by atoms with Crippen molar-refractivity contribution in [3.63, 3.8) is 0 Å². The van der Waals surface area contributed by atoms with Crippen molar-refractivity contribution in [2.24, 2.45) is 17.3 Å². The Bertz CT molecular complexity index is 252. The summed E-state index contributed by atoms with van der Waals surface area (Å²) < 4.78 is 4.57. The fraction of sp³-hybridized carbons (Fsp3) is 0.700. The number of rotatable bonds is 2. The maximum Gasteiger partial charge on any atom is 0.321 e. The minimum Gasteiger partial charge on any atom is -0.383 e. The highest BCUT2D eigenvalue weighted by atomic mass is 79.9. The first-order valence-corrected chi connectivity index (χ1v) is 5.03. The monoisotopic (exact) mass is 246 g/mol. The minimum absolute atomic E-state index is 0.0155. The van der Waals surface area contributed by atoms with Crippen molar-refractivity contribution in [2.45, 2.75) is 27.7 Å². The van der Waals surface area contributed by atoms with Crippen LogP contribution in [0.25, 0.3) is 0 Å². The van der Waals surface area contributed by atoms with Gasteiger partial charge < -0.3 is 3.83 Å². The highest BCUT2D eigenvalue weighted by Crippen LogP contribution is 2.59. The molecule has 0 aromatic heterocycles. The van der Waals surface area contributed by atoms with Crippen molar-refractivity contribution in [3.8, 4) is 0 Å². The number of carbonyl (C=O) groups excluding carboxylic acids is 1. The van der Waals surface area contributed by atoms with Gasteiger partial charge in [-0.05, 0) is 25.2 Å². The zero-order valence-electron chi connectivity index (χ0n) is 8.43. The van der Waals surface area contributed by atoms with Gasteiger partial charge in [0.1, 0.15) is 0 Å². The van der Waals surface area contributed by atoms with Crippen molar-refractivity contribution in [1.29, 1.82) is 0 Å². The zero-order chi connectivity index (χ0) is 10.2. The Morgan fingerprint density at radius 1 is 1.46 bits per heavy atom. The summed E-state index contributed by atoms with van der Waals surface area (Å²) in [6, 6.07) is 0. The molecular weight excluding hydrogens is 232 g/mol. The van der Waals surface area contributed by atoms with Gasteiger partial charge in [-0.25, -0.2) is 0 Å². The lowest BCUT2D eigenvalue weighted by molar-refractivity contribution is -0.134. The second-order valence-corrected chi connectivity index (χ2v) is 4.79. The standard InChI is InChI=1S/C10H15BrO2/c1-6(2)5-7-8(9(12)13-11)10(7,3)4/h5,7-8H,1-4H3. The lowest BCUT2D eigenvalue weighted by atomic mass is 10.1. The molecule has 1 aliphatic carbocycles. The van der Waals surface area contributed by atoms with Crippen LogP contribution in [0.1, 0.15) is 27.7 Å². The molecule has 0 aliphatic heterocycles. The molecule has 0 aromatic rings. The highest BCUT2D eigenvalue weighted by Gasteiger charge is 2.61. The van der Waals surface area contributed by atoms with E-state index in [0.29, 0.717) is 5.92 Å². The third-order valence-electron chi connectivity index (χ3n) is 2.75. The molecule has 0 N–H and O–H groups in total. The molecule has 0 aromatic carbocycles. The Kier molecular flexibility index (Phi) is 2.85. The van der Waals surface area contributed by atoms with Gasteiger partial charge in [-0.1, -0.05) is 25.5 Å². The molecule has 2 unspecified atom stereocenters. The molecule has 13 heavy (non-hydrogen) atoms. The lowest BCUT2D eigenvalue weighted by Crippen LogP contribution is -2.04. The first kappa shape index (κ1) is 10.8. The lowest BCUT2D eigenvalue weighted by Gasteiger charge is -1.97. The van der Waals surface area contributed by atoms with Crippen LogP contribution in [0.5, 0.6) is 0 Å². The number of hydrogen-bond donors (Lipinski definition) is 0. The number of hydrogen-bond acceptors (Lipinski definition) is 2. The van der Waals surface area contributed by atoms with Gasteiger partial charge in [0.2, 0.25) is 0 Å². The molecule has 0 spiro atoms. The largest absolute Gasteiger partial charge is 0.383 e. The van der Waals surface area contributed by atoms with E-state index in [9.17, 15) is 4.79 Å². The summed E-state index contributed by atoms with van der Waals surface area (Å²) in [6.45, 7) is 8.27. The predicted octanol–water partition coefficient (Wildman–Crippen LogP) is 3.08. The van der Waals surface area contributed by atoms with Crippen molar-refractivity contribution in [2.75, 3.05) is 0 Å². The van der Waals surface area contributed by atoms with Crippen molar-refractivity contribution in [1.82, 2.24) is 0 Å². The Hall–Kier alpha value is -0.310. The molecule has 1 fully saturated rings. The van der Waals surface area contributed by atoms with E-state index in [4.69, 9.17) is 0 Å². The molecule has 74 valence electrons. The van der Waals surface area contributed by atoms with Crippen LogP contribution < -0.4 is 0 Å². The van der Waals surface area contributed by atoms with Crippen LogP contribution in [-0.4, -0.2) is 5.97 Å². The highest BCUT2D eigenvalue weighted by molar-refractivity contribution is 9.06. The average Bonchev–Trinajstić information content (AvgIpc) is 2.51. The Labute approximate surface area is 87.8 Å². The molecule has 2 nitrogen and oxygen atoms in total. The molecule has 1 aliphatic rings. The van der Waals surface area contributed by atoms with Crippen LogP contribution in [0.15, 0.2) is 11.6 Å². The quantitative estimate of drug-likeness (QED) is 0.701. The Balaban J connectivity index is 2.72. The minimum atomic E-state index is -0.160.